The number of ether oxygens (including phenoxy) is 1. The molecule has 7 heteroatoms. The van der Waals surface area contributed by atoms with Gasteiger partial charge in [-0.25, -0.2) is 4.98 Å². The van der Waals surface area contributed by atoms with Crippen LogP contribution in [-0.4, -0.2) is 23.1 Å². The van der Waals surface area contributed by atoms with E-state index >= 15 is 0 Å². The topological polar surface area (TPSA) is 63.2 Å². The highest BCUT2D eigenvalue weighted by Crippen LogP contribution is 2.32. The molecule has 3 aromatic carbocycles. The van der Waals surface area contributed by atoms with Gasteiger partial charge in [-0.2, -0.15) is 0 Å². The summed E-state index contributed by atoms with van der Waals surface area (Å²) in [4.78, 5) is 17.4. The highest BCUT2D eigenvalue weighted by Gasteiger charge is 2.16. The lowest BCUT2D eigenvalue weighted by Gasteiger charge is -2.14. The number of nitrogens with one attached hydrogen (secondary N) is 2. The van der Waals surface area contributed by atoms with Crippen LogP contribution in [0.3, 0.4) is 0 Å². The van der Waals surface area contributed by atoms with Crippen molar-refractivity contribution in [2.24, 2.45) is 0 Å². The monoisotopic (exact) mass is 447 g/mol. The quantitative estimate of drug-likeness (QED) is 0.392. The number of hydrogen-bond acceptors (Lipinski definition) is 5. The van der Waals surface area contributed by atoms with Gasteiger partial charge in [0, 0.05) is 11.3 Å². The van der Waals surface area contributed by atoms with Crippen LogP contribution in [0.1, 0.15) is 21.5 Å². The minimum atomic E-state index is -0.321. The molecular formula is C24H21N3O2S2. The van der Waals surface area contributed by atoms with Crippen LogP contribution >= 0.6 is 23.6 Å². The molecule has 1 aromatic heterocycles. The Hall–Kier alpha value is -3.29. The van der Waals surface area contributed by atoms with Gasteiger partial charge in [-0.15, -0.1) is 11.3 Å². The van der Waals surface area contributed by atoms with E-state index in [4.69, 9.17) is 21.9 Å². The average Bonchev–Trinajstić information content (AvgIpc) is 3.19. The Morgan fingerprint density at radius 1 is 1.03 bits per heavy atom. The SMILES string of the molecule is COc1c(C)cccc1C(=O)NC(=S)Nc1cc(-c2nc3ccccc3s2)ccc1C. The van der Waals surface area contributed by atoms with Crippen molar-refractivity contribution in [3.63, 3.8) is 0 Å². The second-order valence-electron chi connectivity index (χ2n) is 7.08. The number of carbonyl (C=O) groups excluding carboxylic acids is 1. The Morgan fingerprint density at radius 3 is 2.61 bits per heavy atom. The van der Waals surface area contributed by atoms with Gasteiger partial charge < -0.3 is 10.1 Å². The van der Waals surface area contributed by atoms with Crippen LogP contribution in [0.4, 0.5) is 5.69 Å². The van der Waals surface area contributed by atoms with Gasteiger partial charge in [-0.1, -0.05) is 36.4 Å². The summed E-state index contributed by atoms with van der Waals surface area (Å²) < 4.78 is 6.52. The fourth-order valence-corrected chi connectivity index (χ4v) is 4.48. The first-order chi connectivity index (χ1) is 15.0. The summed E-state index contributed by atoms with van der Waals surface area (Å²) in [5.74, 6) is 0.217. The summed E-state index contributed by atoms with van der Waals surface area (Å²) in [5.41, 5.74) is 5.11. The predicted molar refractivity (Wildman–Crippen MR) is 131 cm³/mol. The summed E-state index contributed by atoms with van der Waals surface area (Å²) >= 11 is 7.04. The zero-order valence-corrected chi connectivity index (χ0v) is 19.0. The van der Waals surface area contributed by atoms with Crippen molar-refractivity contribution in [3.8, 4) is 16.3 Å². The number of thiazole rings is 1. The molecule has 156 valence electrons. The second-order valence-corrected chi connectivity index (χ2v) is 8.52. The van der Waals surface area contributed by atoms with Crippen molar-refractivity contribution in [2.75, 3.05) is 12.4 Å². The number of aromatic nitrogens is 1. The number of hydrogen-bond donors (Lipinski definition) is 2. The van der Waals surface area contributed by atoms with E-state index in [-0.39, 0.29) is 11.0 Å². The summed E-state index contributed by atoms with van der Waals surface area (Å²) in [6.07, 6.45) is 0. The zero-order chi connectivity index (χ0) is 22.0. The molecule has 2 N–H and O–H groups in total. The van der Waals surface area contributed by atoms with E-state index in [1.807, 2.05) is 62.4 Å². The van der Waals surface area contributed by atoms with E-state index in [2.05, 4.69) is 16.7 Å². The van der Waals surface area contributed by atoms with Crippen molar-refractivity contribution in [1.29, 1.82) is 0 Å². The first-order valence-corrected chi connectivity index (χ1v) is 10.9. The molecule has 4 aromatic rings. The summed E-state index contributed by atoms with van der Waals surface area (Å²) in [7, 11) is 1.55. The molecule has 1 amide bonds. The van der Waals surface area contributed by atoms with E-state index in [0.717, 1.165) is 37.6 Å². The van der Waals surface area contributed by atoms with Crippen molar-refractivity contribution < 1.29 is 9.53 Å². The van der Waals surface area contributed by atoms with Crippen LogP contribution in [0.25, 0.3) is 20.8 Å². The Labute approximate surface area is 190 Å². The first kappa shape index (κ1) is 21.0. The Kier molecular flexibility index (Phi) is 5.97. The molecule has 0 bridgehead atoms. The van der Waals surface area contributed by atoms with Crippen molar-refractivity contribution in [1.82, 2.24) is 10.3 Å². The van der Waals surface area contributed by atoms with Crippen LogP contribution in [0.2, 0.25) is 0 Å². The molecule has 0 saturated heterocycles. The molecule has 0 saturated carbocycles. The van der Waals surface area contributed by atoms with Crippen molar-refractivity contribution in [2.45, 2.75) is 13.8 Å². The highest BCUT2D eigenvalue weighted by atomic mass is 32.1. The molecule has 4 rings (SSSR count). The third-order valence-corrected chi connectivity index (χ3v) is 6.20. The molecule has 5 nitrogen and oxygen atoms in total. The van der Waals surface area contributed by atoms with Gasteiger partial charge in [-0.3, -0.25) is 10.1 Å². The number of para-hydroxylation sites is 2. The standard InChI is InChI=1S/C24H21N3O2S2/c1-14-11-12-16(23-25-18-9-4-5-10-20(18)31-23)13-19(14)26-24(30)27-22(28)17-8-6-7-15(2)21(17)29-3/h4-13H,1-3H3,(H2,26,27,28,30). The number of amides is 1. The van der Waals surface area contributed by atoms with E-state index in [1.54, 1.807) is 24.5 Å². The van der Waals surface area contributed by atoms with Crippen molar-refractivity contribution in [3.05, 3.63) is 77.4 Å². The van der Waals surface area contributed by atoms with Gasteiger partial charge in [0.1, 0.15) is 10.8 Å². The molecule has 31 heavy (non-hydrogen) atoms. The molecule has 0 spiro atoms. The summed E-state index contributed by atoms with van der Waals surface area (Å²) in [6, 6.07) is 19.5. The number of aryl methyl sites for hydroxylation is 2. The summed E-state index contributed by atoms with van der Waals surface area (Å²) in [6.45, 7) is 3.88. The molecule has 0 atom stereocenters. The normalized spacial score (nSPS) is 10.7. The smallest absolute Gasteiger partial charge is 0.261 e. The van der Waals surface area contributed by atoms with Gasteiger partial charge >= 0.3 is 0 Å². The molecule has 0 aliphatic heterocycles. The summed E-state index contributed by atoms with van der Waals surface area (Å²) in [5, 5.41) is 7.04. The van der Waals surface area contributed by atoms with Crippen molar-refractivity contribution >= 4 is 50.5 Å². The van der Waals surface area contributed by atoms with Gasteiger partial charge in [0.25, 0.3) is 5.91 Å². The minimum Gasteiger partial charge on any atom is -0.496 e. The molecule has 0 fully saturated rings. The number of thiocarbonyl (C=S) groups is 1. The fourth-order valence-electron chi connectivity index (χ4n) is 3.31. The Morgan fingerprint density at radius 2 is 1.84 bits per heavy atom. The average molecular weight is 448 g/mol. The maximum absolute atomic E-state index is 12.7. The second kappa shape index (κ2) is 8.83. The first-order valence-electron chi connectivity index (χ1n) is 9.69. The molecule has 0 unspecified atom stereocenters. The number of fused-ring (bicyclic) bond motifs is 1. The van der Waals surface area contributed by atoms with Crippen LogP contribution < -0.4 is 15.4 Å². The van der Waals surface area contributed by atoms with Gasteiger partial charge in [0.05, 0.1) is 22.9 Å². The number of anilines is 1. The lowest BCUT2D eigenvalue weighted by molar-refractivity contribution is 0.0974. The van der Waals surface area contributed by atoms with Crippen LogP contribution in [0.15, 0.2) is 60.7 Å². The zero-order valence-electron chi connectivity index (χ0n) is 17.4. The van der Waals surface area contributed by atoms with Gasteiger partial charge in [0.15, 0.2) is 5.11 Å². The lowest BCUT2D eigenvalue weighted by atomic mass is 10.1. The number of carbonyl (C=O) groups is 1. The largest absolute Gasteiger partial charge is 0.496 e. The minimum absolute atomic E-state index is 0.220. The molecule has 0 radical (unpaired) electrons. The highest BCUT2D eigenvalue weighted by molar-refractivity contribution is 7.80. The molecular weight excluding hydrogens is 426 g/mol. The number of methoxy groups -OCH3 is 1. The number of benzene rings is 3. The van der Waals surface area contributed by atoms with E-state index < -0.39 is 0 Å². The van der Waals surface area contributed by atoms with Crippen LogP contribution in [0.5, 0.6) is 5.75 Å². The Bertz CT molecular complexity index is 1260. The molecule has 1 heterocycles. The van der Waals surface area contributed by atoms with Gasteiger partial charge in [-0.05, 0) is 61.5 Å². The number of rotatable bonds is 4. The van der Waals surface area contributed by atoms with E-state index in [0.29, 0.717) is 11.3 Å². The predicted octanol–water partition coefficient (Wildman–Crippen LogP) is 5.72. The lowest BCUT2D eigenvalue weighted by Crippen LogP contribution is -2.34. The maximum Gasteiger partial charge on any atom is 0.261 e. The third-order valence-electron chi connectivity index (χ3n) is 4.91. The molecule has 0 aliphatic carbocycles. The maximum atomic E-state index is 12.7. The number of nitrogens with zero attached hydrogens (tertiary/aromatic N) is 1. The van der Waals surface area contributed by atoms with E-state index in [1.165, 1.54) is 0 Å². The molecule has 0 aliphatic rings. The fraction of sp³-hybridized carbons (Fsp3) is 0.125. The Balaban J connectivity index is 1.54. The van der Waals surface area contributed by atoms with E-state index in [9.17, 15) is 4.79 Å². The van der Waals surface area contributed by atoms with Gasteiger partial charge in [0.2, 0.25) is 0 Å². The van der Waals surface area contributed by atoms with Crippen LogP contribution in [-0.2, 0) is 0 Å². The van der Waals surface area contributed by atoms with Crippen LogP contribution in [0, 0.1) is 13.8 Å². The third kappa shape index (κ3) is 4.42.